The Balaban J connectivity index is 0.000000505. The smallest absolute Gasteiger partial charge is 0.418 e. The Labute approximate surface area is 137 Å². The number of carbonyl (C=O) groups is 1. The fourth-order valence-corrected chi connectivity index (χ4v) is 1.73. The Hall–Kier alpha value is -2.32. The molecule has 1 heterocycles. The van der Waals surface area contributed by atoms with Crippen LogP contribution in [-0.4, -0.2) is 17.9 Å². The maximum absolute atomic E-state index is 11.8. The molecule has 24 heavy (non-hydrogen) atoms. The standard InChI is InChI=1S/C15H19N2O2.BF4/c1-15(2,3)12-5-7-13(8-6-12)19-14(18)17-10-9-16(4)11-17;2-1(3,4)5/h5-11H,1-4H3;/q+1;-1. The van der Waals surface area contributed by atoms with Crippen LogP contribution < -0.4 is 9.30 Å². The predicted molar refractivity (Wildman–Crippen MR) is 82.4 cm³/mol. The summed E-state index contributed by atoms with van der Waals surface area (Å²) < 4.78 is 47.5. The lowest BCUT2D eigenvalue weighted by Gasteiger charge is -2.18. The molecule has 2 aromatic rings. The largest absolute Gasteiger partial charge is 0.673 e. The van der Waals surface area contributed by atoms with Crippen LogP contribution in [0.2, 0.25) is 0 Å². The zero-order valence-electron chi connectivity index (χ0n) is 13.8. The van der Waals surface area contributed by atoms with Gasteiger partial charge in [0.2, 0.25) is 0 Å². The van der Waals surface area contributed by atoms with Gasteiger partial charge in [-0.2, -0.15) is 4.79 Å². The van der Waals surface area contributed by atoms with Gasteiger partial charge in [-0.3, -0.25) is 0 Å². The highest BCUT2D eigenvalue weighted by Gasteiger charge is 2.20. The third-order valence-corrected chi connectivity index (χ3v) is 2.91. The van der Waals surface area contributed by atoms with Crippen LogP contribution in [0.25, 0.3) is 0 Å². The second kappa shape index (κ2) is 7.50. The first-order valence-electron chi connectivity index (χ1n) is 7.09. The van der Waals surface area contributed by atoms with Crippen LogP contribution in [0.15, 0.2) is 43.0 Å². The van der Waals surface area contributed by atoms with E-state index in [4.69, 9.17) is 4.74 Å². The van der Waals surface area contributed by atoms with Crippen molar-refractivity contribution in [1.29, 1.82) is 0 Å². The van der Waals surface area contributed by atoms with Crippen molar-refractivity contribution in [3.8, 4) is 5.75 Å². The SMILES string of the molecule is C[n+]1ccn(C(=O)Oc2ccc(C(C)(C)C)cc2)c1.F[B-](F)(F)F. The first-order chi connectivity index (χ1) is 10.9. The average Bonchev–Trinajstić information content (AvgIpc) is 2.83. The van der Waals surface area contributed by atoms with E-state index in [0.717, 1.165) is 0 Å². The molecule has 0 aliphatic carbocycles. The molecule has 0 aliphatic heterocycles. The minimum atomic E-state index is -6.00. The number of hydrogen-bond acceptors (Lipinski definition) is 2. The first-order valence-corrected chi connectivity index (χ1v) is 7.09. The van der Waals surface area contributed by atoms with Crippen molar-refractivity contribution >= 4 is 13.3 Å². The van der Waals surface area contributed by atoms with Gasteiger partial charge < -0.3 is 22.0 Å². The molecule has 132 valence electrons. The van der Waals surface area contributed by atoms with Crippen LogP contribution >= 0.6 is 0 Å². The van der Waals surface area contributed by atoms with Crippen LogP contribution in [0.5, 0.6) is 5.75 Å². The predicted octanol–water partition coefficient (Wildman–Crippen LogP) is 3.96. The number of halogens is 4. The molecule has 0 saturated carbocycles. The maximum Gasteiger partial charge on any atom is 0.673 e. The summed E-state index contributed by atoms with van der Waals surface area (Å²) in [5.74, 6) is 0.550. The molecule has 0 radical (unpaired) electrons. The summed E-state index contributed by atoms with van der Waals surface area (Å²) in [5.41, 5.74) is 1.30. The highest BCUT2D eigenvalue weighted by molar-refractivity contribution is 6.50. The molecule has 0 spiro atoms. The third kappa shape index (κ3) is 7.30. The normalized spacial score (nSPS) is 11.5. The number of benzene rings is 1. The average molecular weight is 346 g/mol. The third-order valence-electron chi connectivity index (χ3n) is 2.91. The number of hydrogen-bond donors (Lipinski definition) is 0. The van der Waals surface area contributed by atoms with E-state index in [9.17, 15) is 22.1 Å². The summed E-state index contributed by atoms with van der Waals surface area (Å²) in [6, 6.07) is 7.61. The zero-order chi connectivity index (χ0) is 18.5. The van der Waals surface area contributed by atoms with E-state index in [1.807, 2.05) is 31.3 Å². The lowest BCUT2D eigenvalue weighted by atomic mass is 9.87. The van der Waals surface area contributed by atoms with E-state index in [2.05, 4.69) is 20.8 Å². The van der Waals surface area contributed by atoms with E-state index >= 15 is 0 Å². The van der Waals surface area contributed by atoms with Gasteiger partial charge in [0, 0.05) is 0 Å². The van der Waals surface area contributed by atoms with Gasteiger partial charge in [0.25, 0.3) is 6.33 Å². The van der Waals surface area contributed by atoms with Crippen molar-refractivity contribution in [2.24, 2.45) is 7.05 Å². The lowest BCUT2D eigenvalue weighted by Crippen LogP contribution is -2.25. The molecule has 0 amide bonds. The van der Waals surface area contributed by atoms with Gasteiger partial charge >= 0.3 is 13.3 Å². The zero-order valence-corrected chi connectivity index (χ0v) is 13.8. The van der Waals surface area contributed by atoms with E-state index < -0.39 is 13.3 Å². The number of carbonyl (C=O) groups excluding carboxylic acids is 1. The number of rotatable bonds is 1. The minimum absolute atomic E-state index is 0.0940. The Morgan fingerprint density at radius 3 is 2.00 bits per heavy atom. The molecule has 0 bridgehead atoms. The summed E-state index contributed by atoms with van der Waals surface area (Å²) in [6.07, 6.45) is 4.69. The van der Waals surface area contributed by atoms with Crippen LogP contribution in [0.4, 0.5) is 22.1 Å². The molecular formula is C15H19BF4N2O2. The Kier molecular flexibility index (Phi) is 6.17. The molecule has 0 atom stereocenters. The molecule has 4 nitrogen and oxygen atoms in total. The highest BCUT2D eigenvalue weighted by atomic mass is 19.5. The Bertz CT molecular complexity index is 670. The molecule has 0 aliphatic rings. The van der Waals surface area contributed by atoms with Gasteiger partial charge in [0.15, 0.2) is 0 Å². The summed E-state index contributed by atoms with van der Waals surface area (Å²) >= 11 is 0. The van der Waals surface area contributed by atoms with Gasteiger partial charge in [-0.05, 0) is 23.1 Å². The molecule has 0 saturated heterocycles. The quantitative estimate of drug-likeness (QED) is 0.445. The fraction of sp³-hybridized carbons (Fsp3) is 0.333. The highest BCUT2D eigenvalue weighted by Crippen LogP contribution is 2.24. The number of ether oxygens (including phenoxy) is 1. The van der Waals surface area contributed by atoms with Crippen LogP contribution in [0.3, 0.4) is 0 Å². The molecule has 9 heteroatoms. The van der Waals surface area contributed by atoms with Crippen molar-refractivity contribution in [2.75, 3.05) is 0 Å². The van der Waals surface area contributed by atoms with Crippen molar-refractivity contribution in [2.45, 2.75) is 26.2 Å². The number of imidazole rings is 1. The van der Waals surface area contributed by atoms with Gasteiger partial charge in [-0.1, -0.05) is 32.9 Å². The molecule has 0 fully saturated rings. The molecule has 0 N–H and O–H groups in total. The van der Waals surface area contributed by atoms with Crippen molar-refractivity contribution in [1.82, 2.24) is 4.57 Å². The molecular weight excluding hydrogens is 327 g/mol. The van der Waals surface area contributed by atoms with Gasteiger partial charge in [-0.15, -0.1) is 4.57 Å². The summed E-state index contributed by atoms with van der Waals surface area (Å²) in [7, 11) is -4.15. The second-order valence-electron chi connectivity index (χ2n) is 6.12. The van der Waals surface area contributed by atoms with E-state index in [-0.39, 0.29) is 5.41 Å². The van der Waals surface area contributed by atoms with Gasteiger partial charge in [0.05, 0.1) is 7.05 Å². The van der Waals surface area contributed by atoms with Crippen LogP contribution in [0.1, 0.15) is 26.3 Å². The van der Waals surface area contributed by atoms with Crippen LogP contribution in [0, 0.1) is 0 Å². The topological polar surface area (TPSA) is 35.1 Å². The van der Waals surface area contributed by atoms with Crippen molar-refractivity contribution < 1.29 is 31.4 Å². The van der Waals surface area contributed by atoms with Gasteiger partial charge in [0.1, 0.15) is 18.1 Å². The lowest BCUT2D eigenvalue weighted by molar-refractivity contribution is -0.670. The molecule has 1 aromatic carbocycles. The Morgan fingerprint density at radius 1 is 1.12 bits per heavy atom. The molecule has 1 aromatic heterocycles. The number of nitrogens with zero attached hydrogens (tertiary/aromatic N) is 2. The van der Waals surface area contributed by atoms with Gasteiger partial charge in [-0.25, -0.2) is 4.57 Å². The summed E-state index contributed by atoms with van der Waals surface area (Å²) in [4.78, 5) is 11.8. The second-order valence-corrected chi connectivity index (χ2v) is 6.12. The molecule has 0 unspecified atom stereocenters. The van der Waals surface area contributed by atoms with E-state index in [1.165, 1.54) is 10.1 Å². The minimum Gasteiger partial charge on any atom is -0.418 e. The van der Waals surface area contributed by atoms with E-state index in [0.29, 0.717) is 5.75 Å². The molecule has 2 rings (SSSR count). The number of aryl methyl sites for hydroxylation is 1. The van der Waals surface area contributed by atoms with Crippen molar-refractivity contribution in [3.63, 3.8) is 0 Å². The number of aromatic nitrogens is 2. The fourth-order valence-electron chi connectivity index (χ4n) is 1.73. The summed E-state index contributed by atoms with van der Waals surface area (Å²) in [6.45, 7) is 6.44. The van der Waals surface area contributed by atoms with E-state index in [1.54, 1.807) is 23.3 Å². The Morgan fingerprint density at radius 2 is 1.62 bits per heavy atom. The van der Waals surface area contributed by atoms with Crippen molar-refractivity contribution in [3.05, 3.63) is 48.5 Å². The van der Waals surface area contributed by atoms with Crippen LogP contribution in [-0.2, 0) is 12.5 Å². The monoisotopic (exact) mass is 346 g/mol. The summed E-state index contributed by atoms with van der Waals surface area (Å²) in [5, 5.41) is 0. The maximum atomic E-state index is 11.8. The first kappa shape index (κ1) is 19.7.